The van der Waals surface area contributed by atoms with Crippen LogP contribution in [-0.2, 0) is 22.5 Å². The lowest BCUT2D eigenvalue weighted by molar-refractivity contribution is -0.124. The van der Waals surface area contributed by atoms with E-state index in [1.807, 2.05) is 0 Å². The van der Waals surface area contributed by atoms with Crippen LogP contribution in [0.1, 0.15) is 57.7 Å². The number of carbonyl (C=O) groups excluding carboxylic acids is 1. The van der Waals surface area contributed by atoms with Crippen molar-refractivity contribution in [3.63, 3.8) is 0 Å². The van der Waals surface area contributed by atoms with Crippen LogP contribution in [0, 0.1) is 0 Å². The van der Waals surface area contributed by atoms with E-state index in [9.17, 15) is 4.79 Å². The van der Waals surface area contributed by atoms with Crippen molar-refractivity contribution in [1.82, 2.24) is 14.9 Å². The Morgan fingerprint density at radius 1 is 1.12 bits per heavy atom. The summed E-state index contributed by atoms with van der Waals surface area (Å²) in [6.45, 7) is 4.16. The third kappa shape index (κ3) is 6.45. The van der Waals surface area contributed by atoms with E-state index in [4.69, 9.17) is 9.72 Å². The van der Waals surface area contributed by atoms with Crippen molar-refractivity contribution >= 4 is 16.9 Å². The Morgan fingerprint density at radius 2 is 1.92 bits per heavy atom. The summed E-state index contributed by atoms with van der Waals surface area (Å²) >= 11 is 0. The minimum Gasteiger partial charge on any atom is -0.375 e. The van der Waals surface area contributed by atoms with E-state index in [0.717, 1.165) is 44.3 Å². The van der Waals surface area contributed by atoms with Gasteiger partial charge < -0.3 is 14.6 Å². The Labute approximate surface area is 157 Å². The number of aryl methyl sites for hydroxylation is 2. The first-order valence-electron chi connectivity index (χ1n) is 9.96. The van der Waals surface area contributed by atoms with Crippen molar-refractivity contribution in [1.29, 1.82) is 0 Å². The molecule has 5 nitrogen and oxygen atoms in total. The Morgan fingerprint density at radius 3 is 2.73 bits per heavy atom. The molecule has 5 heteroatoms. The number of ether oxygens (including phenoxy) is 1. The molecule has 0 saturated carbocycles. The zero-order chi connectivity index (χ0) is 18.6. The molecule has 1 amide bonds. The van der Waals surface area contributed by atoms with Crippen LogP contribution in [0.4, 0.5) is 0 Å². The number of nitrogens with zero attached hydrogens (tertiary/aromatic N) is 2. The van der Waals surface area contributed by atoms with E-state index in [0.29, 0.717) is 0 Å². The Bertz CT molecular complexity index is 666. The summed E-state index contributed by atoms with van der Waals surface area (Å²) in [6.07, 6.45) is 9.23. The van der Waals surface area contributed by atoms with Crippen molar-refractivity contribution in [3.8, 4) is 0 Å². The molecule has 0 aliphatic heterocycles. The predicted molar refractivity (Wildman–Crippen MR) is 106 cm³/mol. The normalized spacial score (nSPS) is 11.2. The molecule has 0 fully saturated rings. The first-order chi connectivity index (χ1) is 12.8. The van der Waals surface area contributed by atoms with Gasteiger partial charge >= 0.3 is 0 Å². The van der Waals surface area contributed by atoms with Crippen molar-refractivity contribution < 1.29 is 9.53 Å². The van der Waals surface area contributed by atoms with Gasteiger partial charge in [-0.3, -0.25) is 4.79 Å². The van der Waals surface area contributed by atoms with Crippen molar-refractivity contribution in [3.05, 3.63) is 30.1 Å². The second kappa shape index (κ2) is 11.7. The summed E-state index contributed by atoms with van der Waals surface area (Å²) in [5.74, 6) is 1.16. The number of para-hydroxylation sites is 2. The maximum absolute atomic E-state index is 11.3. The van der Waals surface area contributed by atoms with E-state index < -0.39 is 0 Å². The highest BCUT2D eigenvalue weighted by Gasteiger charge is 2.10. The van der Waals surface area contributed by atoms with Gasteiger partial charge in [0.2, 0.25) is 5.91 Å². The lowest BCUT2D eigenvalue weighted by Gasteiger charge is -2.09. The van der Waals surface area contributed by atoms with Gasteiger partial charge in [0.15, 0.2) is 0 Å². The molecule has 0 aliphatic rings. The predicted octanol–water partition coefficient (Wildman–Crippen LogP) is 4.09. The van der Waals surface area contributed by atoms with E-state index in [-0.39, 0.29) is 12.5 Å². The number of amides is 1. The summed E-state index contributed by atoms with van der Waals surface area (Å²) in [5, 5.41) is 2.87. The molecule has 0 unspecified atom stereocenters. The average molecular weight is 360 g/mol. The third-order valence-electron chi connectivity index (χ3n) is 4.64. The van der Waals surface area contributed by atoms with Crippen molar-refractivity contribution in [2.75, 3.05) is 20.3 Å². The number of hydrogen-bond donors (Lipinski definition) is 1. The SMILES string of the molecule is CCCCCCn1c(CCCCCNC(=O)COC)nc2ccccc21. The molecule has 0 saturated heterocycles. The van der Waals surface area contributed by atoms with E-state index >= 15 is 0 Å². The van der Waals surface area contributed by atoms with Crippen LogP contribution in [0.25, 0.3) is 11.0 Å². The third-order valence-corrected chi connectivity index (χ3v) is 4.64. The number of nitrogens with one attached hydrogen (secondary N) is 1. The number of rotatable bonds is 13. The standard InChI is InChI=1S/C21H33N3O2/c1-3-4-5-11-16-24-19-13-9-8-12-18(19)23-20(24)14-7-6-10-15-22-21(25)17-26-2/h8-9,12-13H,3-7,10-11,14-17H2,1-2H3,(H,22,25). The fraction of sp³-hybridized carbons (Fsp3) is 0.619. The highest BCUT2D eigenvalue weighted by molar-refractivity contribution is 5.77. The maximum atomic E-state index is 11.3. The maximum Gasteiger partial charge on any atom is 0.245 e. The number of fused-ring (bicyclic) bond motifs is 1. The largest absolute Gasteiger partial charge is 0.375 e. The molecule has 1 aromatic carbocycles. The Balaban J connectivity index is 1.82. The minimum atomic E-state index is -0.0404. The Hall–Kier alpha value is -1.88. The molecule has 0 atom stereocenters. The number of unbranched alkanes of at least 4 members (excludes halogenated alkanes) is 5. The number of benzene rings is 1. The fourth-order valence-corrected chi connectivity index (χ4v) is 3.26. The lowest BCUT2D eigenvalue weighted by atomic mass is 10.1. The molecule has 1 heterocycles. The monoisotopic (exact) mass is 359 g/mol. The number of hydrogen-bond acceptors (Lipinski definition) is 3. The van der Waals surface area contributed by atoms with E-state index in [1.165, 1.54) is 44.1 Å². The van der Waals surface area contributed by atoms with Gasteiger partial charge in [0, 0.05) is 26.6 Å². The molecule has 1 N–H and O–H groups in total. The first kappa shape index (κ1) is 20.4. The summed E-state index contributed by atoms with van der Waals surface area (Å²) < 4.78 is 7.21. The molecule has 0 radical (unpaired) electrons. The molecule has 0 spiro atoms. The lowest BCUT2D eigenvalue weighted by Crippen LogP contribution is -2.27. The van der Waals surface area contributed by atoms with Crippen LogP contribution in [0.3, 0.4) is 0 Å². The molecule has 2 aromatic rings. The zero-order valence-electron chi connectivity index (χ0n) is 16.3. The van der Waals surface area contributed by atoms with Gasteiger partial charge in [-0.1, -0.05) is 44.7 Å². The molecular weight excluding hydrogens is 326 g/mol. The van der Waals surface area contributed by atoms with Crippen LogP contribution >= 0.6 is 0 Å². The highest BCUT2D eigenvalue weighted by atomic mass is 16.5. The van der Waals surface area contributed by atoms with Gasteiger partial charge in [0.05, 0.1) is 11.0 Å². The van der Waals surface area contributed by atoms with E-state index in [1.54, 1.807) is 0 Å². The molecular formula is C21H33N3O2. The van der Waals surface area contributed by atoms with Gasteiger partial charge in [-0.05, 0) is 31.4 Å². The van der Waals surface area contributed by atoms with Crippen LogP contribution in [-0.4, -0.2) is 35.7 Å². The second-order valence-corrected chi connectivity index (χ2v) is 6.82. The molecule has 26 heavy (non-hydrogen) atoms. The van der Waals surface area contributed by atoms with Gasteiger partial charge in [0.25, 0.3) is 0 Å². The van der Waals surface area contributed by atoms with Crippen LogP contribution < -0.4 is 5.32 Å². The zero-order valence-corrected chi connectivity index (χ0v) is 16.3. The summed E-state index contributed by atoms with van der Waals surface area (Å²) in [4.78, 5) is 16.2. The van der Waals surface area contributed by atoms with E-state index in [2.05, 4.69) is 41.1 Å². The van der Waals surface area contributed by atoms with Crippen LogP contribution in [0.2, 0.25) is 0 Å². The van der Waals surface area contributed by atoms with Gasteiger partial charge in [-0.25, -0.2) is 4.98 Å². The number of imidazole rings is 1. The van der Waals surface area contributed by atoms with Gasteiger partial charge in [0.1, 0.15) is 12.4 Å². The topological polar surface area (TPSA) is 56.2 Å². The minimum absolute atomic E-state index is 0.0404. The molecule has 0 bridgehead atoms. The van der Waals surface area contributed by atoms with Crippen LogP contribution in [0.5, 0.6) is 0 Å². The Kier molecular flexibility index (Phi) is 9.18. The first-order valence-corrected chi connectivity index (χ1v) is 9.96. The molecule has 1 aromatic heterocycles. The van der Waals surface area contributed by atoms with Crippen molar-refractivity contribution in [2.24, 2.45) is 0 Å². The molecule has 2 rings (SSSR count). The molecule has 144 valence electrons. The summed E-state index contributed by atoms with van der Waals surface area (Å²) in [7, 11) is 1.54. The van der Waals surface area contributed by atoms with Gasteiger partial charge in [-0.2, -0.15) is 0 Å². The number of methoxy groups -OCH3 is 1. The highest BCUT2D eigenvalue weighted by Crippen LogP contribution is 2.19. The average Bonchev–Trinajstić information content (AvgIpc) is 2.99. The summed E-state index contributed by atoms with van der Waals surface area (Å²) in [6, 6.07) is 8.44. The number of aromatic nitrogens is 2. The molecule has 0 aliphatic carbocycles. The van der Waals surface area contributed by atoms with Crippen molar-refractivity contribution in [2.45, 2.75) is 64.8 Å². The van der Waals surface area contributed by atoms with Gasteiger partial charge in [-0.15, -0.1) is 0 Å². The summed E-state index contributed by atoms with van der Waals surface area (Å²) in [5.41, 5.74) is 2.36. The van der Waals surface area contributed by atoms with Crippen LogP contribution in [0.15, 0.2) is 24.3 Å². The second-order valence-electron chi connectivity index (χ2n) is 6.82. The quantitative estimate of drug-likeness (QED) is 0.548. The fourth-order valence-electron chi connectivity index (χ4n) is 3.26. The number of carbonyl (C=O) groups is 1. The smallest absolute Gasteiger partial charge is 0.245 e.